The van der Waals surface area contributed by atoms with Crippen LogP contribution in [0.5, 0.6) is 5.75 Å². The monoisotopic (exact) mass is 356 g/mol. The number of sulfonamides is 1. The van der Waals surface area contributed by atoms with Gasteiger partial charge in [-0.05, 0) is 52.7 Å². The molecule has 0 bridgehead atoms. The van der Waals surface area contributed by atoms with E-state index >= 15 is 0 Å². The highest BCUT2D eigenvalue weighted by molar-refractivity contribution is 9.10. The lowest BCUT2D eigenvalue weighted by Crippen LogP contribution is -2.14. The van der Waals surface area contributed by atoms with Crippen LogP contribution in [0.25, 0.3) is 0 Å². The molecule has 0 aliphatic carbocycles. The zero-order valence-electron chi connectivity index (χ0n) is 10.9. The van der Waals surface area contributed by atoms with E-state index in [0.717, 1.165) is 5.56 Å². The molecule has 1 aromatic heterocycles. The molecule has 2 aromatic rings. The predicted molar refractivity (Wildman–Crippen MR) is 80.5 cm³/mol. The van der Waals surface area contributed by atoms with Gasteiger partial charge in [-0.3, -0.25) is 4.72 Å². The summed E-state index contributed by atoms with van der Waals surface area (Å²) < 4.78 is 32.8. The van der Waals surface area contributed by atoms with Crippen LogP contribution >= 0.6 is 15.9 Å². The molecular weight excluding hydrogens is 344 g/mol. The van der Waals surface area contributed by atoms with Crippen molar-refractivity contribution < 1.29 is 13.2 Å². The molecule has 0 saturated heterocycles. The van der Waals surface area contributed by atoms with Crippen molar-refractivity contribution in [1.29, 1.82) is 0 Å². The second-order valence-electron chi connectivity index (χ2n) is 4.12. The van der Waals surface area contributed by atoms with Gasteiger partial charge in [0.15, 0.2) is 0 Å². The van der Waals surface area contributed by atoms with Crippen molar-refractivity contribution in [2.24, 2.45) is 0 Å². The number of halogens is 1. The zero-order valence-corrected chi connectivity index (χ0v) is 13.3. The first-order valence-corrected chi connectivity index (χ1v) is 7.99. The van der Waals surface area contributed by atoms with Gasteiger partial charge in [-0.15, -0.1) is 0 Å². The molecule has 0 unspecified atom stereocenters. The first-order chi connectivity index (χ1) is 9.42. The molecule has 0 radical (unpaired) electrons. The minimum Gasteiger partial charge on any atom is -0.496 e. The van der Waals surface area contributed by atoms with Crippen molar-refractivity contribution in [2.45, 2.75) is 11.8 Å². The van der Waals surface area contributed by atoms with Gasteiger partial charge in [0.05, 0.1) is 16.5 Å². The van der Waals surface area contributed by atoms with Gasteiger partial charge in [0.25, 0.3) is 10.0 Å². The molecule has 0 aliphatic rings. The summed E-state index contributed by atoms with van der Waals surface area (Å²) >= 11 is 3.28. The molecule has 1 N–H and O–H groups in total. The van der Waals surface area contributed by atoms with Gasteiger partial charge in [0.1, 0.15) is 11.6 Å². The molecule has 2 rings (SSSR count). The lowest BCUT2D eigenvalue weighted by molar-refractivity contribution is 0.411. The summed E-state index contributed by atoms with van der Waals surface area (Å²) in [5.74, 6) is 0.733. The van der Waals surface area contributed by atoms with Crippen LogP contribution < -0.4 is 9.46 Å². The summed E-state index contributed by atoms with van der Waals surface area (Å²) in [6.07, 6.45) is 1.55. The minimum absolute atomic E-state index is 0.112. The number of pyridine rings is 1. The fraction of sp³-hybridized carbons (Fsp3) is 0.154. The highest BCUT2D eigenvalue weighted by Gasteiger charge is 2.16. The Bertz CT molecular complexity index is 732. The van der Waals surface area contributed by atoms with E-state index in [1.807, 2.05) is 6.92 Å². The van der Waals surface area contributed by atoms with Crippen LogP contribution in [0.3, 0.4) is 0 Å². The SMILES string of the molecule is COc1cc(S(=O)(=O)Nc2cc(C)ccn2)ccc1Br. The van der Waals surface area contributed by atoms with Crippen LogP contribution in [-0.2, 0) is 10.0 Å². The lowest BCUT2D eigenvalue weighted by atomic mass is 10.3. The zero-order chi connectivity index (χ0) is 14.8. The summed E-state index contributed by atoms with van der Waals surface area (Å²) in [6.45, 7) is 1.86. The molecule has 0 aliphatic heterocycles. The first kappa shape index (κ1) is 14.8. The molecule has 106 valence electrons. The Kier molecular flexibility index (Phi) is 4.29. The third-order valence-corrected chi connectivity index (χ3v) is 4.59. The average Bonchev–Trinajstić information content (AvgIpc) is 2.38. The Labute approximate surface area is 126 Å². The fourth-order valence-corrected chi connectivity index (χ4v) is 3.02. The maximum atomic E-state index is 12.3. The van der Waals surface area contributed by atoms with Crippen LogP contribution in [0.15, 0.2) is 45.9 Å². The van der Waals surface area contributed by atoms with Crippen LogP contribution in [0.1, 0.15) is 5.56 Å². The molecule has 0 atom stereocenters. The highest BCUT2D eigenvalue weighted by Crippen LogP contribution is 2.28. The average molecular weight is 357 g/mol. The summed E-state index contributed by atoms with van der Waals surface area (Å²) in [5.41, 5.74) is 0.922. The number of aromatic nitrogens is 1. The van der Waals surface area contributed by atoms with Crippen molar-refractivity contribution in [2.75, 3.05) is 11.8 Å². The molecule has 0 spiro atoms. The number of benzene rings is 1. The Balaban J connectivity index is 2.35. The molecule has 0 saturated carbocycles. The number of aryl methyl sites for hydroxylation is 1. The van der Waals surface area contributed by atoms with E-state index < -0.39 is 10.0 Å². The van der Waals surface area contributed by atoms with Crippen LogP contribution in [0, 0.1) is 6.92 Å². The van der Waals surface area contributed by atoms with Gasteiger partial charge in [0, 0.05) is 12.3 Å². The van der Waals surface area contributed by atoms with Crippen molar-refractivity contribution in [1.82, 2.24) is 4.98 Å². The van der Waals surface area contributed by atoms with E-state index in [4.69, 9.17) is 4.74 Å². The number of methoxy groups -OCH3 is 1. The number of nitrogens with zero attached hydrogens (tertiary/aromatic N) is 1. The molecule has 0 amide bonds. The molecule has 7 heteroatoms. The second kappa shape index (κ2) is 5.80. The summed E-state index contributed by atoms with van der Waals surface area (Å²) in [7, 11) is -2.21. The molecule has 1 heterocycles. The van der Waals surface area contributed by atoms with Crippen molar-refractivity contribution in [3.63, 3.8) is 0 Å². The topological polar surface area (TPSA) is 68.3 Å². The highest BCUT2D eigenvalue weighted by atomic mass is 79.9. The van der Waals surface area contributed by atoms with E-state index in [1.165, 1.54) is 19.2 Å². The van der Waals surface area contributed by atoms with Crippen molar-refractivity contribution >= 4 is 31.8 Å². The Hall–Kier alpha value is -1.60. The summed E-state index contributed by atoms with van der Waals surface area (Å²) in [5, 5.41) is 0. The maximum Gasteiger partial charge on any atom is 0.263 e. The summed E-state index contributed by atoms with van der Waals surface area (Å²) in [6, 6.07) is 8.01. The molecular formula is C13H13BrN2O3S. The Morgan fingerprint density at radius 1 is 1.25 bits per heavy atom. The van der Waals surface area contributed by atoms with Crippen LogP contribution in [0.4, 0.5) is 5.82 Å². The van der Waals surface area contributed by atoms with Gasteiger partial charge in [-0.1, -0.05) is 0 Å². The van der Waals surface area contributed by atoms with E-state index in [9.17, 15) is 8.42 Å². The van der Waals surface area contributed by atoms with Crippen LogP contribution in [0.2, 0.25) is 0 Å². The van der Waals surface area contributed by atoms with Gasteiger partial charge in [-0.25, -0.2) is 13.4 Å². The number of hydrogen-bond donors (Lipinski definition) is 1. The first-order valence-electron chi connectivity index (χ1n) is 5.71. The van der Waals surface area contributed by atoms with Crippen molar-refractivity contribution in [3.8, 4) is 5.75 Å². The quantitative estimate of drug-likeness (QED) is 0.914. The molecule has 1 aromatic carbocycles. The normalized spacial score (nSPS) is 11.2. The summed E-state index contributed by atoms with van der Waals surface area (Å²) in [4.78, 5) is 4.09. The third-order valence-electron chi connectivity index (χ3n) is 2.59. The van der Waals surface area contributed by atoms with Gasteiger partial charge in [0.2, 0.25) is 0 Å². The number of hydrogen-bond acceptors (Lipinski definition) is 4. The van der Waals surface area contributed by atoms with E-state index in [2.05, 4.69) is 25.6 Å². The number of nitrogens with one attached hydrogen (secondary N) is 1. The van der Waals surface area contributed by atoms with Gasteiger partial charge in [-0.2, -0.15) is 0 Å². The Morgan fingerprint density at radius 3 is 2.65 bits per heavy atom. The molecule has 20 heavy (non-hydrogen) atoms. The molecule has 0 fully saturated rings. The molecule has 5 nitrogen and oxygen atoms in total. The smallest absolute Gasteiger partial charge is 0.263 e. The van der Waals surface area contributed by atoms with E-state index in [1.54, 1.807) is 24.4 Å². The van der Waals surface area contributed by atoms with Gasteiger partial charge < -0.3 is 4.74 Å². The third kappa shape index (κ3) is 3.29. The fourth-order valence-electron chi connectivity index (χ4n) is 1.60. The minimum atomic E-state index is -3.69. The number of rotatable bonds is 4. The van der Waals surface area contributed by atoms with Crippen molar-refractivity contribution in [3.05, 3.63) is 46.6 Å². The largest absolute Gasteiger partial charge is 0.496 e. The Morgan fingerprint density at radius 2 is 2.00 bits per heavy atom. The van der Waals surface area contributed by atoms with Gasteiger partial charge >= 0.3 is 0 Å². The standard InChI is InChI=1S/C13H13BrN2O3S/c1-9-5-6-15-13(7-9)16-20(17,18)10-3-4-11(14)12(8-10)19-2/h3-8H,1-2H3,(H,15,16). The maximum absolute atomic E-state index is 12.3. The number of anilines is 1. The van der Waals surface area contributed by atoms with Crippen LogP contribution in [-0.4, -0.2) is 20.5 Å². The number of ether oxygens (including phenoxy) is 1. The van der Waals surface area contributed by atoms with E-state index in [0.29, 0.717) is 10.2 Å². The second-order valence-corrected chi connectivity index (χ2v) is 6.66. The van der Waals surface area contributed by atoms with E-state index in [-0.39, 0.29) is 10.7 Å². The predicted octanol–water partition coefficient (Wildman–Crippen LogP) is 2.96. The lowest BCUT2D eigenvalue weighted by Gasteiger charge is -2.10.